The molecule has 2 saturated heterocycles. The Balaban J connectivity index is 1.26. The van der Waals surface area contributed by atoms with E-state index in [2.05, 4.69) is 34.1 Å². The van der Waals surface area contributed by atoms with E-state index in [1.807, 2.05) is 85.7 Å². The van der Waals surface area contributed by atoms with Crippen molar-refractivity contribution in [3.8, 4) is 0 Å². The summed E-state index contributed by atoms with van der Waals surface area (Å²) in [6, 6.07) is 36.7. The van der Waals surface area contributed by atoms with E-state index in [1.54, 1.807) is 17.0 Å². The average Bonchev–Trinajstić information content (AvgIpc) is 3.33. The summed E-state index contributed by atoms with van der Waals surface area (Å²) >= 11 is 0. The van der Waals surface area contributed by atoms with Gasteiger partial charge in [-0.05, 0) is 66.8 Å². The first-order valence-electron chi connectivity index (χ1n) is 15.8. The summed E-state index contributed by atoms with van der Waals surface area (Å²) < 4.78 is 13.9. The third-order valence-corrected chi connectivity index (χ3v) is 9.66. The molecule has 0 atom stereocenters. The standard InChI is InChI=1S/C38H41FN4O2/c1-40(2)36(45)38(31-14-8-4-9-15-31,32-16-10-5-11-17-32)24-27-41-25-22-37(23-26-41)35(44)42(28-30-12-6-3-7-13-30)29-43(37)34-20-18-33(39)19-21-34/h3-21H,22-29H2,1-2H3. The maximum atomic E-state index is 14.2. The lowest BCUT2D eigenvalue weighted by molar-refractivity contribution is -0.134. The Bertz CT molecular complexity index is 1550. The molecule has 0 radical (unpaired) electrons. The van der Waals surface area contributed by atoms with Crippen molar-refractivity contribution in [3.05, 3.63) is 138 Å². The van der Waals surface area contributed by atoms with E-state index >= 15 is 0 Å². The van der Waals surface area contributed by atoms with Gasteiger partial charge in [0.2, 0.25) is 11.8 Å². The molecule has 0 aromatic heterocycles. The summed E-state index contributed by atoms with van der Waals surface area (Å²) in [7, 11) is 3.65. The van der Waals surface area contributed by atoms with Gasteiger partial charge in [-0.1, -0.05) is 91.0 Å². The van der Waals surface area contributed by atoms with Crippen LogP contribution in [0, 0.1) is 5.82 Å². The minimum absolute atomic E-state index is 0.0541. The first-order chi connectivity index (χ1) is 21.8. The van der Waals surface area contributed by atoms with Crippen molar-refractivity contribution in [1.82, 2.24) is 14.7 Å². The molecule has 6 nitrogen and oxygen atoms in total. The maximum Gasteiger partial charge on any atom is 0.250 e. The van der Waals surface area contributed by atoms with Gasteiger partial charge in [-0.25, -0.2) is 4.39 Å². The van der Waals surface area contributed by atoms with E-state index in [-0.39, 0.29) is 17.6 Å². The lowest BCUT2D eigenvalue weighted by atomic mass is 9.70. The number of rotatable bonds is 9. The molecule has 4 aromatic carbocycles. The van der Waals surface area contributed by atoms with Crippen molar-refractivity contribution < 1.29 is 14.0 Å². The Labute approximate surface area is 265 Å². The number of hydrogen-bond acceptors (Lipinski definition) is 4. The molecule has 232 valence electrons. The van der Waals surface area contributed by atoms with Crippen LogP contribution in [0.1, 0.15) is 36.0 Å². The number of likely N-dealkylation sites (tertiary alicyclic amines) is 1. The molecule has 2 aliphatic heterocycles. The average molecular weight is 605 g/mol. The van der Waals surface area contributed by atoms with Crippen LogP contribution in [0.5, 0.6) is 0 Å². The second-order valence-corrected chi connectivity index (χ2v) is 12.5. The molecule has 0 bridgehead atoms. The van der Waals surface area contributed by atoms with E-state index in [9.17, 15) is 14.0 Å². The van der Waals surface area contributed by atoms with Gasteiger partial charge < -0.3 is 19.6 Å². The Morgan fingerprint density at radius 2 is 1.33 bits per heavy atom. The lowest BCUT2D eigenvalue weighted by Crippen LogP contribution is -2.57. The topological polar surface area (TPSA) is 47.1 Å². The summed E-state index contributed by atoms with van der Waals surface area (Å²) in [5.41, 5.74) is 2.37. The predicted molar refractivity (Wildman–Crippen MR) is 176 cm³/mol. The predicted octanol–water partition coefficient (Wildman–Crippen LogP) is 5.93. The SMILES string of the molecule is CN(C)C(=O)C(CCN1CCC2(CC1)C(=O)N(Cc1ccccc1)CN2c1ccc(F)cc1)(c1ccccc1)c1ccccc1. The van der Waals surface area contributed by atoms with Crippen LogP contribution in [-0.4, -0.2) is 72.5 Å². The van der Waals surface area contributed by atoms with Crippen molar-refractivity contribution in [3.63, 3.8) is 0 Å². The highest BCUT2D eigenvalue weighted by Crippen LogP contribution is 2.42. The number of benzene rings is 4. The summed E-state index contributed by atoms with van der Waals surface area (Å²) in [5, 5.41) is 0. The normalized spacial score (nSPS) is 16.7. The number of likely N-dealkylation sites (N-methyl/N-ethyl adjacent to an activating group) is 1. The largest absolute Gasteiger partial charge is 0.348 e. The fraction of sp³-hybridized carbons (Fsp3) is 0.316. The van der Waals surface area contributed by atoms with Gasteiger partial charge in [0.1, 0.15) is 16.8 Å². The molecule has 0 N–H and O–H groups in total. The van der Waals surface area contributed by atoms with Crippen LogP contribution in [0.4, 0.5) is 10.1 Å². The van der Waals surface area contributed by atoms with Crippen molar-refractivity contribution in [2.75, 3.05) is 45.3 Å². The first kappa shape index (κ1) is 30.5. The van der Waals surface area contributed by atoms with Gasteiger partial charge in [-0.15, -0.1) is 0 Å². The van der Waals surface area contributed by atoms with Crippen molar-refractivity contribution in [2.45, 2.75) is 36.8 Å². The number of amides is 2. The van der Waals surface area contributed by atoms with Crippen LogP contribution in [0.3, 0.4) is 0 Å². The number of carbonyl (C=O) groups is 2. The van der Waals surface area contributed by atoms with E-state index in [1.165, 1.54) is 12.1 Å². The fourth-order valence-electron chi connectivity index (χ4n) is 7.25. The molecule has 0 aliphatic carbocycles. The zero-order valence-corrected chi connectivity index (χ0v) is 26.1. The quantitative estimate of drug-likeness (QED) is 0.238. The highest BCUT2D eigenvalue weighted by molar-refractivity contribution is 5.94. The van der Waals surface area contributed by atoms with Gasteiger partial charge in [-0.2, -0.15) is 0 Å². The summed E-state index contributed by atoms with van der Waals surface area (Å²) in [6.07, 6.45) is 1.92. The van der Waals surface area contributed by atoms with E-state index in [0.29, 0.717) is 39.0 Å². The molecule has 2 fully saturated rings. The van der Waals surface area contributed by atoms with E-state index in [0.717, 1.165) is 35.5 Å². The highest BCUT2D eigenvalue weighted by atomic mass is 19.1. The van der Waals surface area contributed by atoms with Gasteiger partial charge in [0.05, 0.1) is 6.67 Å². The van der Waals surface area contributed by atoms with Gasteiger partial charge >= 0.3 is 0 Å². The van der Waals surface area contributed by atoms with Crippen LogP contribution in [0.15, 0.2) is 115 Å². The number of nitrogens with zero attached hydrogens (tertiary/aromatic N) is 4. The van der Waals surface area contributed by atoms with Crippen LogP contribution >= 0.6 is 0 Å². The molecule has 0 unspecified atom stereocenters. The summed E-state index contributed by atoms with van der Waals surface area (Å²) in [4.78, 5) is 36.6. The number of anilines is 1. The molecule has 45 heavy (non-hydrogen) atoms. The van der Waals surface area contributed by atoms with Crippen LogP contribution in [0.2, 0.25) is 0 Å². The maximum absolute atomic E-state index is 14.2. The highest BCUT2D eigenvalue weighted by Gasteiger charge is 2.54. The van der Waals surface area contributed by atoms with E-state index < -0.39 is 11.0 Å². The van der Waals surface area contributed by atoms with Gasteiger partial charge in [0.25, 0.3) is 0 Å². The minimum atomic E-state index is -0.836. The monoisotopic (exact) mass is 604 g/mol. The zero-order valence-electron chi connectivity index (χ0n) is 26.1. The summed E-state index contributed by atoms with van der Waals surface area (Å²) in [5.74, 6) is -0.110. The minimum Gasteiger partial charge on any atom is -0.348 e. The van der Waals surface area contributed by atoms with Crippen LogP contribution < -0.4 is 4.90 Å². The molecule has 1 spiro atoms. The third-order valence-electron chi connectivity index (χ3n) is 9.66. The van der Waals surface area contributed by atoms with Gasteiger partial charge in [0.15, 0.2) is 0 Å². The van der Waals surface area contributed by atoms with Gasteiger partial charge in [-0.3, -0.25) is 9.59 Å². The Morgan fingerprint density at radius 1 is 0.800 bits per heavy atom. The molecular formula is C38H41FN4O2. The Hall–Kier alpha value is -4.49. The number of carbonyl (C=O) groups excluding carboxylic acids is 2. The van der Waals surface area contributed by atoms with Gasteiger partial charge in [0, 0.05) is 39.4 Å². The molecule has 7 heteroatoms. The second-order valence-electron chi connectivity index (χ2n) is 12.5. The van der Waals surface area contributed by atoms with Crippen molar-refractivity contribution in [2.24, 2.45) is 0 Å². The molecular weight excluding hydrogens is 563 g/mol. The zero-order chi connectivity index (χ0) is 31.4. The second kappa shape index (κ2) is 12.9. The smallest absolute Gasteiger partial charge is 0.250 e. The Morgan fingerprint density at radius 3 is 1.87 bits per heavy atom. The fourth-order valence-corrected chi connectivity index (χ4v) is 7.25. The van der Waals surface area contributed by atoms with Crippen molar-refractivity contribution in [1.29, 1.82) is 0 Å². The lowest BCUT2D eigenvalue weighted by Gasteiger charge is -2.44. The summed E-state index contributed by atoms with van der Waals surface area (Å²) in [6.45, 7) is 3.14. The third kappa shape index (κ3) is 5.85. The first-order valence-corrected chi connectivity index (χ1v) is 15.8. The van der Waals surface area contributed by atoms with Crippen LogP contribution in [0.25, 0.3) is 0 Å². The molecule has 2 aliphatic rings. The molecule has 2 amide bonds. The number of piperidine rings is 1. The molecule has 2 heterocycles. The van der Waals surface area contributed by atoms with E-state index in [4.69, 9.17) is 0 Å². The molecule has 4 aromatic rings. The number of halogens is 1. The van der Waals surface area contributed by atoms with Crippen molar-refractivity contribution >= 4 is 17.5 Å². The van der Waals surface area contributed by atoms with Crippen LogP contribution in [-0.2, 0) is 21.5 Å². The number of hydrogen-bond donors (Lipinski definition) is 0. The molecule has 0 saturated carbocycles. The Kier molecular flexibility index (Phi) is 8.72. The molecule has 6 rings (SSSR count).